The molecule has 26 heavy (non-hydrogen) atoms. The van der Waals surface area contributed by atoms with Crippen molar-refractivity contribution in [2.45, 2.75) is 6.04 Å². The fourth-order valence-electron chi connectivity index (χ4n) is 3.54. The van der Waals surface area contributed by atoms with Gasteiger partial charge in [-0.2, -0.15) is 0 Å². The second kappa shape index (κ2) is 8.43. The number of hydrogen-bond acceptors (Lipinski definition) is 5. The largest absolute Gasteiger partial charge is 0.497 e. The fraction of sp³-hybridized carbons (Fsp3) is 0.429. The third-order valence-corrected chi connectivity index (χ3v) is 4.97. The first-order valence-corrected chi connectivity index (χ1v) is 9.08. The number of nitrogens with zero attached hydrogens (tertiary/aromatic N) is 2. The predicted octanol–water partition coefficient (Wildman–Crippen LogP) is 2.76. The summed E-state index contributed by atoms with van der Waals surface area (Å²) in [6.07, 6.45) is 0. The Morgan fingerprint density at radius 1 is 0.962 bits per heavy atom. The molecule has 140 valence electrons. The number of ether oxygens (including phenoxy) is 2. The van der Waals surface area contributed by atoms with Crippen molar-refractivity contribution in [2.75, 3.05) is 59.4 Å². The molecule has 1 aliphatic rings. The van der Waals surface area contributed by atoms with Gasteiger partial charge in [0.1, 0.15) is 11.5 Å². The summed E-state index contributed by atoms with van der Waals surface area (Å²) in [7, 11) is 7.56. The van der Waals surface area contributed by atoms with E-state index in [1.165, 1.54) is 11.3 Å². The van der Waals surface area contributed by atoms with Gasteiger partial charge in [-0.05, 0) is 35.9 Å². The molecule has 1 aliphatic heterocycles. The Balaban J connectivity index is 2.06. The predicted molar refractivity (Wildman–Crippen MR) is 107 cm³/mol. The van der Waals surface area contributed by atoms with E-state index in [1.54, 1.807) is 14.2 Å². The van der Waals surface area contributed by atoms with Crippen LogP contribution in [0.5, 0.6) is 11.5 Å². The van der Waals surface area contributed by atoms with E-state index in [9.17, 15) is 0 Å². The zero-order valence-corrected chi connectivity index (χ0v) is 16.2. The molecule has 2 aromatic rings. The molecular formula is C21H29N3O2. The molecule has 0 aromatic heterocycles. The highest BCUT2D eigenvalue weighted by Crippen LogP contribution is 2.37. The smallest absolute Gasteiger partial charge is 0.124 e. The van der Waals surface area contributed by atoms with Crippen molar-refractivity contribution >= 4 is 5.69 Å². The number of hydrogen-bond donors (Lipinski definition) is 1. The van der Waals surface area contributed by atoms with Crippen LogP contribution in [0.4, 0.5) is 5.69 Å². The van der Waals surface area contributed by atoms with E-state index >= 15 is 0 Å². The summed E-state index contributed by atoms with van der Waals surface area (Å²) in [6.45, 7) is 4.00. The first kappa shape index (κ1) is 18.5. The van der Waals surface area contributed by atoms with Crippen molar-refractivity contribution in [3.05, 3.63) is 53.6 Å². The number of benzene rings is 2. The van der Waals surface area contributed by atoms with Crippen LogP contribution in [-0.4, -0.2) is 59.4 Å². The average molecular weight is 355 g/mol. The molecule has 1 saturated heterocycles. The van der Waals surface area contributed by atoms with E-state index < -0.39 is 0 Å². The Bertz CT molecular complexity index is 710. The summed E-state index contributed by atoms with van der Waals surface area (Å²) in [4.78, 5) is 4.63. The number of piperazine rings is 1. The first-order chi connectivity index (χ1) is 12.6. The zero-order valence-electron chi connectivity index (χ0n) is 16.2. The van der Waals surface area contributed by atoms with Crippen molar-refractivity contribution in [2.24, 2.45) is 0 Å². The highest BCUT2D eigenvalue weighted by Gasteiger charge is 2.27. The van der Waals surface area contributed by atoms with Crippen LogP contribution in [0.25, 0.3) is 0 Å². The summed E-state index contributed by atoms with van der Waals surface area (Å²) < 4.78 is 11.2. The highest BCUT2D eigenvalue weighted by molar-refractivity contribution is 5.50. The second-order valence-electron chi connectivity index (χ2n) is 6.78. The summed E-state index contributed by atoms with van der Waals surface area (Å²) >= 11 is 0. The monoisotopic (exact) mass is 355 g/mol. The number of anilines is 1. The number of rotatable bonds is 6. The Morgan fingerprint density at radius 3 is 2.23 bits per heavy atom. The van der Waals surface area contributed by atoms with Crippen molar-refractivity contribution in [1.82, 2.24) is 10.2 Å². The third kappa shape index (κ3) is 3.94. The summed E-state index contributed by atoms with van der Waals surface area (Å²) in [5.41, 5.74) is 3.61. The van der Waals surface area contributed by atoms with Crippen molar-refractivity contribution in [3.63, 3.8) is 0 Å². The van der Waals surface area contributed by atoms with E-state index in [0.29, 0.717) is 0 Å². The van der Waals surface area contributed by atoms with Crippen LogP contribution in [-0.2, 0) is 0 Å². The Kier molecular flexibility index (Phi) is 6.01. The van der Waals surface area contributed by atoms with Crippen LogP contribution in [0.2, 0.25) is 0 Å². The minimum absolute atomic E-state index is 0.137. The van der Waals surface area contributed by atoms with Gasteiger partial charge in [0.25, 0.3) is 0 Å². The SMILES string of the molecule is COc1ccc(OC)c(C(c2ccc(N(C)C)cc2)N2CCNCC2)c1. The van der Waals surface area contributed by atoms with Gasteiger partial charge < -0.3 is 19.7 Å². The zero-order chi connectivity index (χ0) is 18.5. The molecule has 3 rings (SSSR count). The van der Waals surface area contributed by atoms with Gasteiger partial charge in [-0.1, -0.05) is 12.1 Å². The summed E-state index contributed by atoms with van der Waals surface area (Å²) in [6, 6.07) is 15.0. The van der Waals surface area contributed by atoms with Gasteiger partial charge in [0.05, 0.1) is 20.3 Å². The third-order valence-electron chi connectivity index (χ3n) is 4.97. The lowest BCUT2D eigenvalue weighted by Gasteiger charge is -2.36. The van der Waals surface area contributed by atoms with Crippen LogP contribution in [0.3, 0.4) is 0 Å². The first-order valence-electron chi connectivity index (χ1n) is 9.08. The molecule has 1 atom stereocenters. The van der Waals surface area contributed by atoms with Crippen LogP contribution >= 0.6 is 0 Å². The molecule has 0 spiro atoms. The molecule has 1 unspecified atom stereocenters. The minimum Gasteiger partial charge on any atom is -0.497 e. The Hall–Kier alpha value is -2.24. The normalized spacial score (nSPS) is 16.2. The molecule has 5 heteroatoms. The van der Waals surface area contributed by atoms with Crippen LogP contribution < -0.4 is 19.7 Å². The van der Waals surface area contributed by atoms with Crippen molar-refractivity contribution in [1.29, 1.82) is 0 Å². The minimum atomic E-state index is 0.137. The van der Waals surface area contributed by atoms with E-state index in [-0.39, 0.29) is 6.04 Å². The van der Waals surface area contributed by atoms with E-state index in [2.05, 4.69) is 59.5 Å². The van der Waals surface area contributed by atoms with Gasteiger partial charge in [-0.15, -0.1) is 0 Å². The lowest BCUT2D eigenvalue weighted by atomic mass is 9.95. The average Bonchev–Trinajstić information content (AvgIpc) is 2.69. The molecule has 0 saturated carbocycles. The summed E-state index contributed by atoms with van der Waals surface area (Å²) in [5.74, 6) is 1.75. The van der Waals surface area contributed by atoms with Crippen LogP contribution in [0, 0.1) is 0 Å². The summed E-state index contributed by atoms with van der Waals surface area (Å²) in [5, 5.41) is 3.44. The maximum absolute atomic E-state index is 5.69. The fourth-order valence-corrected chi connectivity index (χ4v) is 3.54. The lowest BCUT2D eigenvalue weighted by molar-refractivity contribution is 0.195. The number of methoxy groups -OCH3 is 2. The Morgan fingerprint density at radius 2 is 1.65 bits per heavy atom. The molecule has 5 nitrogen and oxygen atoms in total. The maximum atomic E-state index is 5.69. The van der Waals surface area contributed by atoms with Crippen LogP contribution in [0.15, 0.2) is 42.5 Å². The molecule has 2 aromatic carbocycles. The molecule has 0 bridgehead atoms. The van der Waals surface area contributed by atoms with Crippen molar-refractivity contribution in [3.8, 4) is 11.5 Å². The van der Waals surface area contributed by atoms with Crippen molar-refractivity contribution < 1.29 is 9.47 Å². The van der Waals surface area contributed by atoms with Crippen LogP contribution in [0.1, 0.15) is 17.2 Å². The van der Waals surface area contributed by atoms with E-state index in [4.69, 9.17) is 9.47 Å². The second-order valence-corrected chi connectivity index (χ2v) is 6.78. The van der Waals surface area contributed by atoms with E-state index in [0.717, 1.165) is 43.2 Å². The lowest BCUT2D eigenvalue weighted by Crippen LogP contribution is -2.45. The van der Waals surface area contributed by atoms with Gasteiger partial charge in [-0.25, -0.2) is 0 Å². The molecule has 0 aliphatic carbocycles. The quantitative estimate of drug-likeness (QED) is 0.862. The van der Waals surface area contributed by atoms with Gasteiger partial charge in [0, 0.05) is 51.5 Å². The number of nitrogens with one attached hydrogen (secondary N) is 1. The standard InChI is InChI=1S/C21H29N3O2/c1-23(2)17-7-5-16(6-8-17)21(24-13-11-22-12-14-24)19-15-18(25-3)9-10-20(19)26-4/h5-10,15,21-22H,11-14H2,1-4H3. The van der Waals surface area contributed by atoms with Gasteiger partial charge >= 0.3 is 0 Å². The molecule has 1 heterocycles. The molecule has 0 amide bonds. The Labute approximate surface area is 156 Å². The maximum Gasteiger partial charge on any atom is 0.124 e. The molecule has 1 fully saturated rings. The van der Waals surface area contributed by atoms with E-state index in [1.807, 2.05) is 12.1 Å². The molecule has 0 radical (unpaired) electrons. The molecular weight excluding hydrogens is 326 g/mol. The highest BCUT2D eigenvalue weighted by atomic mass is 16.5. The van der Waals surface area contributed by atoms with Gasteiger partial charge in [-0.3, -0.25) is 4.90 Å². The molecule has 1 N–H and O–H groups in total. The topological polar surface area (TPSA) is 37.0 Å². The van der Waals surface area contributed by atoms with Gasteiger partial charge in [0.2, 0.25) is 0 Å². The van der Waals surface area contributed by atoms with Gasteiger partial charge in [0.15, 0.2) is 0 Å².